The summed E-state index contributed by atoms with van der Waals surface area (Å²) >= 11 is 0. The number of para-hydroxylation sites is 1. The number of nitrogens with one attached hydrogen (secondary N) is 1. The summed E-state index contributed by atoms with van der Waals surface area (Å²) < 4.78 is 5.98. The fourth-order valence-electron chi connectivity index (χ4n) is 3.50. The number of rotatable bonds is 11. The van der Waals surface area contributed by atoms with E-state index in [9.17, 15) is 4.79 Å². The molecule has 0 heterocycles. The largest absolute Gasteiger partial charge is 0.491 e. The van der Waals surface area contributed by atoms with Crippen molar-refractivity contribution in [2.45, 2.75) is 6.92 Å². The van der Waals surface area contributed by atoms with Crippen molar-refractivity contribution in [1.82, 2.24) is 4.90 Å². The summed E-state index contributed by atoms with van der Waals surface area (Å²) in [5, 5.41) is 12.3. The van der Waals surface area contributed by atoms with Gasteiger partial charge in [-0.05, 0) is 73.6 Å². The highest BCUT2D eigenvalue weighted by Crippen LogP contribution is 2.30. The lowest BCUT2D eigenvalue weighted by molar-refractivity contribution is 0.104. The second-order valence-electron chi connectivity index (χ2n) is 8.11. The van der Waals surface area contributed by atoms with E-state index >= 15 is 0 Å². The van der Waals surface area contributed by atoms with Crippen LogP contribution in [0.1, 0.15) is 21.5 Å². The van der Waals surface area contributed by atoms with E-state index < -0.39 is 0 Å². The number of ether oxygens (including phenoxy) is 1. The number of carbonyl (C=O) groups is 1. The minimum absolute atomic E-state index is 0.0380. The average Bonchev–Trinajstić information content (AvgIpc) is 2.82. The van der Waals surface area contributed by atoms with Gasteiger partial charge in [0.2, 0.25) is 0 Å². The van der Waals surface area contributed by atoms with Gasteiger partial charge < -0.3 is 20.1 Å². The first-order chi connectivity index (χ1) is 16.0. The van der Waals surface area contributed by atoms with Crippen molar-refractivity contribution in [3.05, 3.63) is 89.5 Å². The highest BCUT2D eigenvalue weighted by atomic mass is 16.5. The molecule has 0 aromatic heterocycles. The molecule has 3 rings (SSSR count). The number of anilines is 1. The summed E-state index contributed by atoms with van der Waals surface area (Å²) in [6.07, 6.45) is 3.38. The second-order valence-corrected chi connectivity index (χ2v) is 8.11. The summed E-state index contributed by atoms with van der Waals surface area (Å²) in [6, 6.07) is 21.6. The number of carbonyl (C=O) groups excluding carboxylic acids is 1. The standard InChI is InChI=1S/C28H32N2O3/c1-21-8-4-6-10-24(21)23-13-15-28(33-19-17-30(2)3)25(20-23)27(32)14-12-22-9-5-7-11-26(22)29-16-18-31/h4-15,20,29,31H,16-19H2,1-3H3. The van der Waals surface area contributed by atoms with E-state index in [1.54, 1.807) is 12.2 Å². The van der Waals surface area contributed by atoms with E-state index in [1.807, 2.05) is 73.6 Å². The van der Waals surface area contributed by atoms with Crippen LogP contribution in [-0.4, -0.2) is 56.2 Å². The number of ketones is 1. The monoisotopic (exact) mass is 444 g/mol. The number of aliphatic hydroxyl groups is 1. The van der Waals surface area contributed by atoms with Crippen molar-refractivity contribution in [3.8, 4) is 16.9 Å². The Morgan fingerprint density at radius 2 is 1.82 bits per heavy atom. The topological polar surface area (TPSA) is 61.8 Å². The van der Waals surface area contributed by atoms with Crippen molar-refractivity contribution < 1.29 is 14.6 Å². The fraction of sp³-hybridized carbons (Fsp3) is 0.250. The van der Waals surface area contributed by atoms with Crippen LogP contribution in [-0.2, 0) is 0 Å². The van der Waals surface area contributed by atoms with Crippen LogP contribution in [0.2, 0.25) is 0 Å². The Hall–Kier alpha value is -3.41. The number of likely N-dealkylation sites (N-methyl/N-ethyl adjacent to an activating group) is 1. The van der Waals surface area contributed by atoms with Gasteiger partial charge in [-0.3, -0.25) is 4.79 Å². The molecule has 0 atom stereocenters. The molecule has 3 aromatic carbocycles. The molecule has 0 spiro atoms. The number of aryl methyl sites for hydroxylation is 1. The predicted octanol–water partition coefficient (Wildman–Crippen LogP) is 4.90. The SMILES string of the molecule is Cc1ccccc1-c1ccc(OCCN(C)C)c(C(=O)C=Cc2ccccc2NCCO)c1. The second kappa shape index (κ2) is 12.0. The highest BCUT2D eigenvalue weighted by Gasteiger charge is 2.14. The van der Waals surface area contributed by atoms with Gasteiger partial charge in [0.25, 0.3) is 0 Å². The van der Waals surface area contributed by atoms with Crippen LogP contribution in [0.4, 0.5) is 5.69 Å². The van der Waals surface area contributed by atoms with Crippen LogP contribution < -0.4 is 10.1 Å². The Morgan fingerprint density at radius 1 is 1.06 bits per heavy atom. The molecule has 33 heavy (non-hydrogen) atoms. The third-order valence-electron chi connectivity index (χ3n) is 5.30. The molecule has 0 aliphatic carbocycles. The number of hydrogen-bond donors (Lipinski definition) is 2. The molecule has 172 valence electrons. The van der Waals surface area contributed by atoms with Gasteiger partial charge >= 0.3 is 0 Å². The van der Waals surface area contributed by atoms with Gasteiger partial charge in [0.1, 0.15) is 12.4 Å². The molecule has 0 saturated carbocycles. The van der Waals surface area contributed by atoms with Crippen LogP contribution in [0.25, 0.3) is 17.2 Å². The summed E-state index contributed by atoms with van der Waals surface area (Å²) in [5.74, 6) is 0.456. The lowest BCUT2D eigenvalue weighted by atomic mass is 9.97. The average molecular weight is 445 g/mol. The predicted molar refractivity (Wildman–Crippen MR) is 136 cm³/mol. The zero-order valence-corrected chi connectivity index (χ0v) is 19.5. The molecule has 0 aliphatic heterocycles. The first kappa shape index (κ1) is 24.2. The molecule has 0 aliphatic rings. The van der Waals surface area contributed by atoms with Gasteiger partial charge in [0, 0.05) is 18.8 Å². The fourth-order valence-corrected chi connectivity index (χ4v) is 3.50. The maximum Gasteiger partial charge on any atom is 0.189 e. The molecular weight excluding hydrogens is 412 g/mol. The minimum atomic E-state index is -0.123. The van der Waals surface area contributed by atoms with Gasteiger partial charge in [-0.25, -0.2) is 0 Å². The Labute approximate surface area is 196 Å². The molecule has 0 saturated heterocycles. The molecule has 0 bridgehead atoms. The van der Waals surface area contributed by atoms with Crippen molar-refractivity contribution in [3.63, 3.8) is 0 Å². The smallest absolute Gasteiger partial charge is 0.189 e. The summed E-state index contributed by atoms with van der Waals surface area (Å²) in [7, 11) is 3.98. The van der Waals surface area contributed by atoms with Gasteiger partial charge in [0.15, 0.2) is 5.78 Å². The highest BCUT2D eigenvalue weighted by molar-refractivity contribution is 6.09. The summed E-state index contributed by atoms with van der Waals surface area (Å²) in [6.45, 7) is 3.80. The Morgan fingerprint density at radius 3 is 2.58 bits per heavy atom. The molecule has 3 aromatic rings. The van der Waals surface area contributed by atoms with E-state index in [1.165, 1.54) is 0 Å². The van der Waals surface area contributed by atoms with Crippen LogP contribution >= 0.6 is 0 Å². The zero-order chi connectivity index (χ0) is 23.6. The molecule has 0 amide bonds. The van der Waals surface area contributed by atoms with E-state index in [0.29, 0.717) is 24.5 Å². The van der Waals surface area contributed by atoms with Crippen molar-refractivity contribution in [2.24, 2.45) is 0 Å². The number of aliphatic hydroxyl groups excluding tert-OH is 1. The Bertz CT molecular complexity index is 1110. The minimum Gasteiger partial charge on any atom is -0.491 e. The molecule has 0 unspecified atom stereocenters. The van der Waals surface area contributed by atoms with Gasteiger partial charge in [-0.2, -0.15) is 0 Å². The third-order valence-corrected chi connectivity index (χ3v) is 5.30. The lowest BCUT2D eigenvalue weighted by Crippen LogP contribution is -2.20. The molecule has 0 fully saturated rings. The van der Waals surface area contributed by atoms with E-state index in [0.717, 1.165) is 34.5 Å². The first-order valence-corrected chi connectivity index (χ1v) is 11.1. The summed E-state index contributed by atoms with van der Waals surface area (Å²) in [4.78, 5) is 15.3. The van der Waals surface area contributed by atoms with Crippen LogP contribution in [0.15, 0.2) is 72.8 Å². The third kappa shape index (κ3) is 6.78. The normalized spacial score (nSPS) is 11.2. The quantitative estimate of drug-likeness (QED) is 0.325. The van der Waals surface area contributed by atoms with Crippen LogP contribution in [0, 0.1) is 6.92 Å². The molecule has 5 nitrogen and oxygen atoms in total. The van der Waals surface area contributed by atoms with Crippen LogP contribution in [0.5, 0.6) is 5.75 Å². The van der Waals surface area contributed by atoms with Crippen molar-refractivity contribution in [2.75, 3.05) is 45.7 Å². The van der Waals surface area contributed by atoms with Crippen molar-refractivity contribution in [1.29, 1.82) is 0 Å². The Kier molecular flexibility index (Phi) is 8.81. The zero-order valence-electron chi connectivity index (χ0n) is 19.5. The van der Waals surface area contributed by atoms with Gasteiger partial charge in [-0.1, -0.05) is 48.5 Å². The number of hydrogen-bond acceptors (Lipinski definition) is 5. The molecule has 0 radical (unpaired) electrons. The number of allylic oxidation sites excluding steroid dienone is 1. The molecule has 2 N–H and O–H groups in total. The summed E-state index contributed by atoms with van der Waals surface area (Å²) in [5.41, 5.74) is 5.50. The maximum absolute atomic E-state index is 13.3. The van der Waals surface area contributed by atoms with Gasteiger partial charge in [0.05, 0.1) is 12.2 Å². The van der Waals surface area contributed by atoms with Gasteiger partial charge in [-0.15, -0.1) is 0 Å². The van der Waals surface area contributed by atoms with E-state index in [2.05, 4.69) is 24.4 Å². The van der Waals surface area contributed by atoms with Crippen LogP contribution in [0.3, 0.4) is 0 Å². The first-order valence-electron chi connectivity index (χ1n) is 11.1. The molecular formula is C28H32N2O3. The van der Waals surface area contributed by atoms with E-state index in [-0.39, 0.29) is 12.4 Å². The number of nitrogens with zero attached hydrogens (tertiary/aromatic N) is 1. The van der Waals surface area contributed by atoms with E-state index in [4.69, 9.17) is 9.84 Å². The van der Waals surface area contributed by atoms with Crippen molar-refractivity contribution >= 4 is 17.5 Å². The number of benzene rings is 3. The molecule has 5 heteroatoms. The lowest BCUT2D eigenvalue weighted by Gasteiger charge is -2.15. The maximum atomic E-state index is 13.3. The Balaban J connectivity index is 1.92.